The molecule has 0 aliphatic carbocycles. The number of nitrogens with zero attached hydrogens (tertiary/aromatic N) is 1. The van der Waals surface area contributed by atoms with E-state index in [1.807, 2.05) is 26.0 Å². The Morgan fingerprint density at radius 1 is 0.906 bits per heavy atom. The van der Waals surface area contributed by atoms with E-state index >= 15 is 8.22 Å². The van der Waals surface area contributed by atoms with Gasteiger partial charge in [0.1, 0.15) is 0 Å². The summed E-state index contributed by atoms with van der Waals surface area (Å²) in [7, 11) is -4.97. The second-order valence-electron chi connectivity index (χ2n) is 8.31. The first kappa shape index (κ1) is 21.1. The number of benzene rings is 4. The average Bonchev–Trinajstić information content (AvgIpc) is 2.76. The van der Waals surface area contributed by atoms with Gasteiger partial charge in [0.15, 0.2) is 0 Å². The summed E-state index contributed by atoms with van der Waals surface area (Å²) in [6.07, 6.45) is 3.34. The number of pyridine rings is 1. The summed E-state index contributed by atoms with van der Waals surface area (Å²) in [6, 6.07) is 18.7. The fraction of sp³-hybridized carbons (Fsp3) is 0.0741. The van der Waals surface area contributed by atoms with Gasteiger partial charge < -0.3 is 4.98 Å². The Labute approximate surface area is 199 Å². The minimum Gasteiger partial charge on any atom is -0.304 e. The molecule has 0 atom stereocenters. The predicted molar refractivity (Wildman–Crippen MR) is 128 cm³/mol. The van der Waals surface area contributed by atoms with Crippen LogP contribution in [0.25, 0.3) is 49.7 Å². The Balaban J connectivity index is 0.00000216. The summed E-state index contributed by atoms with van der Waals surface area (Å²) >= 11 is 0. The molecule has 159 valence electrons. The summed E-state index contributed by atoms with van der Waals surface area (Å²) in [6.45, 7) is 7.69. The second-order valence-corrected chi connectivity index (χ2v) is 10.5. The molecular weight excluding hydrogens is 597 g/mol. The maximum absolute atomic E-state index is 16.2. The van der Waals surface area contributed by atoms with Crippen LogP contribution in [0.3, 0.4) is 0 Å². The standard InChI is InChI=1S/C27H18F2NSi.Ir/c1-4-17-13-24-23(12-16(17)3)27-26-20(9-10-30-27)19-8-7-18-6-5-15(2)11-21(18)22(19)14-25(26)31(24,28)29;/h4-11,13-14H,1H2,2-3H3;/q-1;. The van der Waals surface area contributed by atoms with Gasteiger partial charge >= 0.3 is 8.74 Å². The van der Waals surface area contributed by atoms with Gasteiger partial charge in [-0.25, -0.2) is 0 Å². The van der Waals surface area contributed by atoms with Gasteiger partial charge in [0.05, 0.1) is 0 Å². The topological polar surface area (TPSA) is 12.9 Å². The first-order valence-electron chi connectivity index (χ1n) is 10.2. The molecule has 1 aliphatic heterocycles. The molecule has 0 unspecified atom stereocenters. The predicted octanol–water partition coefficient (Wildman–Crippen LogP) is 6.07. The van der Waals surface area contributed by atoms with Crippen molar-refractivity contribution < 1.29 is 28.3 Å². The van der Waals surface area contributed by atoms with E-state index in [1.165, 1.54) is 0 Å². The van der Waals surface area contributed by atoms with E-state index in [0.717, 1.165) is 38.1 Å². The molecule has 1 aliphatic rings. The molecule has 0 saturated carbocycles. The molecule has 1 aromatic heterocycles. The monoisotopic (exact) mass is 615 g/mol. The fourth-order valence-electron chi connectivity index (χ4n) is 4.91. The van der Waals surface area contributed by atoms with E-state index in [9.17, 15) is 0 Å². The summed E-state index contributed by atoms with van der Waals surface area (Å²) in [4.78, 5) is 4.56. The van der Waals surface area contributed by atoms with E-state index in [2.05, 4.69) is 41.9 Å². The summed E-state index contributed by atoms with van der Waals surface area (Å²) in [5, 5.41) is 5.54. The zero-order chi connectivity index (χ0) is 21.5. The minimum atomic E-state index is -4.97. The Bertz CT molecular complexity index is 1610. The van der Waals surface area contributed by atoms with Crippen molar-refractivity contribution in [3.63, 3.8) is 0 Å². The molecule has 0 spiro atoms. The van der Waals surface area contributed by atoms with Gasteiger partial charge in [-0.3, -0.25) is 8.22 Å². The molecule has 5 aromatic rings. The number of aryl methyl sites for hydroxylation is 2. The Morgan fingerprint density at radius 3 is 2.47 bits per heavy atom. The molecule has 5 heteroatoms. The van der Waals surface area contributed by atoms with Crippen LogP contribution in [0.15, 0.2) is 61.3 Å². The maximum Gasteiger partial charge on any atom is 0.443 e. The third-order valence-electron chi connectivity index (χ3n) is 6.47. The quantitative estimate of drug-likeness (QED) is 0.0967. The van der Waals surface area contributed by atoms with Crippen LogP contribution >= 0.6 is 0 Å². The molecule has 0 bridgehead atoms. The van der Waals surface area contributed by atoms with Crippen molar-refractivity contribution in [1.82, 2.24) is 4.98 Å². The molecule has 0 amide bonds. The molecule has 2 heterocycles. The van der Waals surface area contributed by atoms with Gasteiger partial charge in [0.25, 0.3) is 0 Å². The van der Waals surface area contributed by atoms with Crippen LogP contribution in [0.2, 0.25) is 0 Å². The summed E-state index contributed by atoms with van der Waals surface area (Å²) in [5.74, 6) is 0. The van der Waals surface area contributed by atoms with Crippen LogP contribution in [0.1, 0.15) is 16.7 Å². The third-order valence-corrected chi connectivity index (χ3v) is 8.61. The fourth-order valence-corrected chi connectivity index (χ4v) is 6.93. The van der Waals surface area contributed by atoms with Crippen molar-refractivity contribution >= 4 is 57.5 Å². The van der Waals surface area contributed by atoms with Crippen molar-refractivity contribution in [3.05, 3.63) is 84.1 Å². The normalized spacial score (nSPS) is 13.8. The van der Waals surface area contributed by atoms with E-state index in [1.54, 1.807) is 24.4 Å². The minimum absolute atomic E-state index is 0. The number of fused-ring (bicyclic) bond motifs is 6. The molecule has 6 rings (SSSR count). The van der Waals surface area contributed by atoms with Crippen molar-refractivity contribution in [2.24, 2.45) is 0 Å². The first-order valence-corrected chi connectivity index (χ1v) is 12.0. The summed E-state index contributed by atoms with van der Waals surface area (Å²) in [5.41, 5.74) is 3.66. The molecule has 0 fully saturated rings. The van der Waals surface area contributed by atoms with Crippen molar-refractivity contribution in [3.8, 4) is 11.3 Å². The van der Waals surface area contributed by atoms with Crippen LogP contribution in [0, 0.1) is 19.9 Å². The SMILES string of the molecule is C=Cc1cc2c([c-]c1C)-c1nccc3c1c(cc1c4cc(C)ccc4ccc31)[Si]2(F)F.[Ir]. The van der Waals surface area contributed by atoms with Crippen LogP contribution < -0.4 is 10.4 Å². The number of halogens is 2. The van der Waals surface area contributed by atoms with Gasteiger partial charge in [-0.2, -0.15) is 0 Å². The van der Waals surface area contributed by atoms with Gasteiger partial charge in [0, 0.05) is 26.3 Å². The Hall–Kier alpha value is -2.72. The van der Waals surface area contributed by atoms with Crippen molar-refractivity contribution in [2.75, 3.05) is 0 Å². The number of rotatable bonds is 1. The first-order chi connectivity index (χ1) is 14.9. The van der Waals surface area contributed by atoms with Crippen LogP contribution in [-0.2, 0) is 20.1 Å². The third kappa shape index (κ3) is 2.72. The van der Waals surface area contributed by atoms with E-state index in [-0.39, 0.29) is 30.5 Å². The second kappa shape index (κ2) is 7.14. The molecule has 0 N–H and O–H groups in total. The smallest absolute Gasteiger partial charge is 0.304 e. The maximum atomic E-state index is 16.2. The zero-order valence-electron chi connectivity index (χ0n) is 17.5. The van der Waals surface area contributed by atoms with E-state index in [4.69, 9.17) is 0 Å². The van der Waals surface area contributed by atoms with Crippen LogP contribution in [0.5, 0.6) is 0 Å². The molecule has 4 aromatic carbocycles. The van der Waals surface area contributed by atoms with Gasteiger partial charge in [-0.05, 0) is 62.3 Å². The molecule has 1 nitrogen and oxygen atoms in total. The Kier molecular flexibility index (Phi) is 4.72. The number of hydrogen-bond acceptors (Lipinski definition) is 1. The van der Waals surface area contributed by atoms with Gasteiger partial charge in [0.2, 0.25) is 0 Å². The number of hydrogen-bond donors (Lipinski definition) is 0. The average molecular weight is 615 g/mol. The largest absolute Gasteiger partial charge is 0.443 e. The van der Waals surface area contributed by atoms with E-state index < -0.39 is 8.74 Å². The molecule has 32 heavy (non-hydrogen) atoms. The summed E-state index contributed by atoms with van der Waals surface area (Å²) < 4.78 is 32.3. The van der Waals surface area contributed by atoms with Crippen LogP contribution in [0.4, 0.5) is 8.22 Å². The van der Waals surface area contributed by atoms with Crippen molar-refractivity contribution in [1.29, 1.82) is 0 Å². The van der Waals surface area contributed by atoms with Gasteiger partial charge in [-0.15, -0.1) is 41.5 Å². The van der Waals surface area contributed by atoms with Gasteiger partial charge in [-0.1, -0.05) is 48.0 Å². The Morgan fingerprint density at radius 2 is 1.69 bits per heavy atom. The van der Waals surface area contributed by atoms with Crippen molar-refractivity contribution in [2.45, 2.75) is 13.8 Å². The van der Waals surface area contributed by atoms with E-state index in [0.29, 0.717) is 22.2 Å². The molecular formula is C27H18F2IrNSi-. The molecule has 0 saturated heterocycles. The van der Waals surface area contributed by atoms with Crippen LogP contribution in [-0.4, -0.2) is 13.7 Å². The molecule has 1 radical (unpaired) electrons. The zero-order valence-corrected chi connectivity index (χ0v) is 20.9. The number of aromatic nitrogens is 1.